The van der Waals surface area contributed by atoms with Crippen molar-refractivity contribution in [2.75, 3.05) is 44.7 Å². The Morgan fingerprint density at radius 2 is 1.81 bits per heavy atom. The summed E-state index contributed by atoms with van der Waals surface area (Å²) in [7, 11) is 2.14. The van der Waals surface area contributed by atoms with Crippen LogP contribution in [0.1, 0.15) is 35.3 Å². The topological polar surface area (TPSA) is 109 Å². The van der Waals surface area contributed by atoms with Crippen molar-refractivity contribution < 1.29 is 18.0 Å². The van der Waals surface area contributed by atoms with E-state index < -0.39 is 17.6 Å². The SMILES string of the molecule is CN(CC1CCN1CCn1cnc2ccc(C(N)=O)nc21)C1CCN(c2ncc(C(F)(F)F)cn2)CC1. The molecule has 3 aromatic rings. The number of pyridine rings is 1. The first-order chi connectivity index (χ1) is 17.7. The fourth-order valence-corrected chi connectivity index (χ4v) is 5.09. The van der Waals surface area contributed by atoms with Gasteiger partial charge in [-0.3, -0.25) is 9.69 Å². The fraction of sp³-hybridized carbons (Fsp3) is 0.542. The zero-order valence-corrected chi connectivity index (χ0v) is 20.6. The molecule has 0 saturated carbocycles. The summed E-state index contributed by atoms with van der Waals surface area (Å²) in [5.74, 6) is -0.207. The van der Waals surface area contributed by atoms with Crippen LogP contribution in [-0.4, -0.2) is 92.1 Å². The zero-order valence-electron chi connectivity index (χ0n) is 20.6. The Morgan fingerprint density at radius 1 is 1.08 bits per heavy atom. The van der Waals surface area contributed by atoms with Crippen LogP contribution in [0.4, 0.5) is 19.1 Å². The summed E-state index contributed by atoms with van der Waals surface area (Å²) in [4.78, 5) is 34.9. The van der Waals surface area contributed by atoms with Gasteiger partial charge in [0.25, 0.3) is 5.91 Å². The third-order valence-electron chi connectivity index (χ3n) is 7.44. The van der Waals surface area contributed by atoms with Crippen LogP contribution in [0.5, 0.6) is 0 Å². The minimum Gasteiger partial charge on any atom is -0.364 e. The average Bonchev–Trinajstić information content (AvgIpc) is 3.28. The highest BCUT2D eigenvalue weighted by Crippen LogP contribution is 2.29. The number of imidazole rings is 1. The molecular formula is C24H30F3N9O. The highest BCUT2D eigenvalue weighted by atomic mass is 19.4. The van der Waals surface area contributed by atoms with Gasteiger partial charge in [0, 0.05) is 63.7 Å². The smallest absolute Gasteiger partial charge is 0.364 e. The van der Waals surface area contributed by atoms with Crippen LogP contribution in [0.25, 0.3) is 11.2 Å². The van der Waals surface area contributed by atoms with E-state index in [-0.39, 0.29) is 5.69 Å². The second kappa shape index (κ2) is 10.2. The van der Waals surface area contributed by atoms with Gasteiger partial charge in [-0.25, -0.2) is 19.9 Å². The number of carbonyl (C=O) groups excluding carboxylic acids is 1. The lowest BCUT2D eigenvalue weighted by molar-refractivity contribution is -0.138. The maximum Gasteiger partial charge on any atom is 0.419 e. The molecule has 0 radical (unpaired) electrons. The number of fused-ring (bicyclic) bond motifs is 1. The summed E-state index contributed by atoms with van der Waals surface area (Å²) in [6, 6.07) is 4.21. The van der Waals surface area contributed by atoms with Gasteiger partial charge < -0.3 is 20.1 Å². The molecule has 10 nitrogen and oxygen atoms in total. The predicted molar refractivity (Wildman–Crippen MR) is 131 cm³/mol. The van der Waals surface area contributed by atoms with E-state index in [1.807, 2.05) is 9.47 Å². The molecule has 2 N–H and O–H groups in total. The number of nitrogens with two attached hydrogens (primary N) is 1. The number of likely N-dealkylation sites (tertiary alicyclic amines) is 1. The van der Waals surface area contributed by atoms with Crippen molar-refractivity contribution in [3.8, 4) is 0 Å². The number of halogens is 3. The monoisotopic (exact) mass is 517 g/mol. The molecule has 2 aliphatic rings. The molecule has 5 heterocycles. The van der Waals surface area contributed by atoms with Crippen LogP contribution in [0.2, 0.25) is 0 Å². The van der Waals surface area contributed by atoms with Crippen LogP contribution >= 0.6 is 0 Å². The van der Waals surface area contributed by atoms with Crippen molar-refractivity contribution in [1.82, 2.24) is 34.3 Å². The van der Waals surface area contributed by atoms with E-state index in [1.54, 1.807) is 18.5 Å². The van der Waals surface area contributed by atoms with E-state index in [2.05, 4.69) is 36.8 Å². The van der Waals surface area contributed by atoms with Gasteiger partial charge in [-0.05, 0) is 38.4 Å². The second-order valence-electron chi connectivity index (χ2n) is 9.75. The second-order valence-corrected chi connectivity index (χ2v) is 9.75. The number of primary amides is 1. The fourth-order valence-electron chi connectivity index (χ4n) is 5.09. The maximum atomic E-state index is 12.8. The molecule has 0 spiro atoms. The first-order valence-electron chi connectivity index (χ1n) is 12.4. The van der Waals surface area contributed by atoms with E-state index in [9.17, 15) is 18.0 Å². The molecular weight excluding hydrogens is 487 g/mol. The molecule has 1 atom stereocenters. The number of piperidine rings is 1. The van der Waals surface area contributed by atoms with Gasteiger partial charge in [0.05, 0.1) is 11.9 Å². The van der Waals surface area contributed by atoms with E-state index in [1.165, 1.54) is 0 Å². The summed E-state index contributed by atoms with van der Waals surface area (Å²) in [5, 5.41) is 0. The van der Waals surface area contributed by atoms with E-state index in [4.69, 9.17) is 5.73 Å². The van der Waals surface area contributed by atoms with Gasteiger partial charge in [-0.2, -0.15) is 13.2 Å². The summed E-state index contributed by atoms with van der Waals surface area (Å²) in [5.41, 5.74) is 6.17. The van der Waals surface area contributed by atoms with Crippen LogP contribution in [0.15, 0.2) is 30.9 Å². The van der Waals surface area contributed by atoms with Crippen molar-refractivity contribution in [2.45, 2.75) is 44.1 Å². The van der Waals surface area contributed by atoms with Gasteiger partial charge in [-0.15, -0.1) is 0 Å². The largest absolute Gasteiger partial charge is 0.419 e. The molecule has 0 aromatic carbocycles. The molecule has 5 rings (SSSR count). The van der Waals surface area contributed by atoms with Gasteiger partial charge in [0.1, 0.15) is 11.2 Å². The average molecular weight is 518 g/mol. The molecule has 0 bridgehead atoms. The Kier molecular flexibility index (Phi) is 6.99. The highest BCUT2D eigenvalue weighted by molar-refractivity contribution is 5.92. The molecule has 2 fully saturated rings. The lowest BCUT2D eigenvalue weighted by atomic mass is 9.99. The van der Waals surface area contributed by atoms with Crippen LogP contribution < -0.4 is 10.6 Å². The first-order valence-corrected chi connectivity index (χ1v) is 12.4. The highest BCUT2D eigenvalue weighted by Gasteiger charge is 2.33. The minimum absolute atomic E-state index is 0.230. The summed E-state index contributed by atoms with van der Waals surface area (Å²) in [6.07, 6.45) is 1.97. The number of alkyl halides is 3. The number of amides is 1. The van der Waals surface area contributed by atoms with Gasteiger partial charge in [-0.1, -0.05) is 0 Å². The number of hydrogen-bond acceptors (Lipinski definition) is 8. The standard InChI is InChI=1S/C24H30F3N9O/c1-33(17-4-8-35(9-5-17)23-29-12-16(13-30-23)24(25,26)27)14-18-6-7-34(18)10-11-36-15-31-20-3-2-19(21(28)37)32-22(20)36/h2-3,12-13,15,17-18H,4-11,14H2,1H3,(H2,28,37). The first kappa shape index (κ1) is 25.3. The number of carbonyl (C=O) groups is 1. The van der Waals surface area contributed by atoms with E-state index >= 15 is 0 Å². The molecule has 3 aromatic heterocycles. The molecule has 0 aliphatic carbocycles. The number of nitrogens with zero attached hydrogens (tertiary/aromatic N) is 8. The molecule has 37 heavy (non-hydrogen) atoms. The number of likely N-dealkylation sites (N-methyl/N-ethyl adjacent to an activating group) is 1. The lowest BCUT2D eigenvalue weighted by Gasteiger charge is -2.45. The van der Waals surface area contributed by atoms with Crippen LogP contribution in [0, 0.1) is 0 Å². The lowest BCUT2D eigenvalue weighted by Crippen LogP contribution is -2.56. The number of hydrogen-bond donors (Lipinski definition) is 1. The number of anilines is 1. The molecule has 198 valence electrons. The van der Waals surface area contributed by atoms with Crippen LogP contribution in [0.3, 0.4) is 0 Å². The zero-order chi connectivity index (χ0) is 26.2. The van der Waals surface area contributed by atoms with Crippen LogP contribution in [-0.2, 0) is 12.7 Å². The van der Waals surface area contributed by atoms with Crippen molar-refractivity contribution in [3.63, 3.8) is 0 Å². The van der Waals surface area contributed by atoms with E-state index in [0.29, 0.717) is 36.8 Å². The summed E-state index contributed by atoms with van der Waals surface area (Å²) < 4.78 is 40.3. The van der Waals surface area contributed by atoms with E-state index in [0.717, 1.165) is 63.4 Å². The van der Waals surface area contributed by atoms with Gasteiger partial charge in [0.15, 0.2) is 5.65 Å². The Morgan fingerprint density at radius 3 is 2.43 bits per heavy atom. The van der Waals surface area contributed by atoms with Gasteiger partial charge >= 0.3 is 6.18 Å². The minimum atomic E-state index is -4.43. The summed E-state index contributed by atoms with van der Waals surface area (Å²) in [6.45, 7) is 4.99. The van der Waals surface area contributed by atoms with Crippen molar-refractivity contribution in [2.24, 2.45) is 5.73 Å². The molecule has 2 aliphatic heterocycles. The van der Waals surface area contributed by atoms with Crippen molar-refractivity contribution >= 4 is 23.0 Å². The maximum absolute atomic E-state index is 12.8. The number of aromatic nitrogens is 5. The Hall–Kier alpha value is -3.32. The van der Waals surface area contributed by atoms with Gasteiger partial charge in [0.2, 0.25) is 5.95 Å². The molecule has 1 amide bonds. The Bertz CT molecular complexity index is 1240. The summed E-state index contributed by atoms with van der Waals surface area (Å²) >= 11 is 0. The predicted octanol–water partition coefficient (Wildman–Crippen LogP) is 2.01. The molecule has 13 heteroatoms. The molecule has 1 unspecified atom stereocenters. The molecule has 2 saturated heterocycles. The normalized spacial score (nSPS) is 19.5. The van der Waals surface area contributed by atoms with Crippen molar-refractivity contribution in [3.05, 3.63) is 42.1 Å². The third kappa shape index (κ3) is 5.52. The van der Waals surface area contributed by atoms with Crippen molar-refractivity contribution in [1.29, 1.82) is 0 Å². The Labute approximate surface area is 212 Å². The number of rotatable bonds is 8. The quantitative estimate of drug-likeness (QED) is 0.484. The third-order valence-corrected chi connectivity index (χ3v) is 7.44. The Balaban J connectivity index is 1.10.